The Balaban J connectivity index is 1.93. The number of aromatic nitrogens is 4. The minimum absolute atomic E-state index is 0.0927. The van der Waals surface area contributed by atoms with E-state index in [0.29, 0.717) is 16.7 Å². The average molecular weight is 382 g/mol. The molecule has 0 aliphatic rings. The summed E-state index contributed by atoms with van der Waals surface area (Å²) in [6.45, 7) is 7.68. The molecule has 0 N–H and O–H groups in total. The number of rotatable bonds is 6. The molecular weight excluding hydrogens is 360 g/mol. The van der Waals surface area contributed by atoms with Crippen molar-refractivity contribution in [3.05, 3.63) is 58.1 Å². The third-order valence-electron chi connectivity index (χ3n) is 4.58. The molecule has 0 atom stereocenters. The van der Waals surface area contributed by atoms with Gasteiger partial charge in [-0.05, 0) is 72.5 Å². The van der Waals surface area contributed by atoms with E-state index in [4.69, 9.17) is 4.74 Å². The van der Waals surface area contributed by atoms with Gasteiger partial charge in [0.1, 0.15) is 11.4 Å². The van der Waals surface area contributed by atoms with Crippen LogP contribution in [0.15, 0.2) is 35.5 Å². The van der Waals surface area contributed by atoms with Crippen molar-refractivity contribution in [2.45, 2.75) is 38.6 Å². The molecule has 0 aliphatic carbocycles. The van der Waals surface area contributed by atoms with Crippen LogP contribution in [0, 0.1) is 20.8 Å². The molecule has 0 fully saturated rings. The number of tetrazole rings is 1. The number of nitrogens with zero attached hydrogens (tertiary/aromatic N) is 4. The lowest BCUT2D eigenvalue weighted by molar-refractivity contribution is 0.101. The van der Waals surface area contributed by atoms with Crippen LogP contribution >= 0.6 is 11.8 Å². The fourth-order valence-electron chi connectivity index (χ4n) is 3.35. The van der Waals surface area contributed by atoms with E-state index in [1.54, 1.807) is 18.7 Å². The van der Waals surface area contributed by atoms with Gasteiger partial charge in [-0.25, -0.2) is 0 Å². The Kier molecular flexibility index (Phi) is 5.60. The summed E-state index contributed by atoms with van der Waals surface area (Å²) in [5, 5.41) is 12.8. The Morgan fingerprint density at radius 2 is 1.93 bits per heavy atom. The number of benzene rings is 2. The van der Waals surface area contributed by atoms with E-state index in [1.165, 1.54) is 17.3 Å². The van der Waals surface area contributed by atoms with Gasteiger partial charge in [0.05, 0.1) is 7.11 Å². The minimum Gasteiger partial charge on any atom is -0.494 e. The first-order valence-electron chi connectivity index (χ1n) is 8.59. The minimum atomic E-state index is 0.0927. The van der Waals surface area contributed by atoms with Gasteiger partial charge >= 0.3 is 0 Å². The molecule has 0 saturated heterocycles. The molecule has 0 aliphatic heterocycles. The molecule has 3 aromatic rings. The Bertz CT molecular complexity index is 998. The largest absolute Gasteiger partial charge is 0.494 e. The lowest BCUT2D eigenvalue weighted by atomic mass is 9.92. The number of carbonyl (C=O) groups is 1. The molecule has 7 heteroatoms. The van der Waals surface area contributed by atoms with E-state index in [0.717, 1.165) is 27.9 Å². The van der Waals surface area contributed by atoms with Crippen molar-refractivity contribution in [3.63, 3.8) is 0 Å². The zero-order valence-corrected chi connectivity index (χ0v) is 16.9. The predicted molar refractivity (Wildman–Crippen MR) is 106 cm³/mol. The lowest BCUT2D eigenvalue weighted by Gasteiger charge is -2.15. The van der Waals surface area contributed by atoms with Crippen molar-refractivity contribution < 1.29 is 9.53 Å². The van der Waals surface area contributed by atoms with Crippen LogP contribution in [-0.4, -0.2) is 33.1 Å². The molecular formula is C20H22N4O2S. The number of thioether (sulfide) groups is 1. The van der Waals surface area contributed by atoms with Crippen LogP contribution in [0.5, 0.6) is 5.75 Å². The van der Waals surface area contributed by atoms with Crippen LogP contribution in [0.2, 0.25) is 0 Å². The van der Waals surface area contributed by atoms with Crippen molar-refractivity contribution in [2.24, 2.45) is 0 Å². The third-order valence-corrected chi connectivity index (χ3v) is 5.53. The summed E-state index contributed by atoms with van der Waals surface area (Å²) < 4.78 is 7.09. The summed E-state index contributed by atoms with van der Waals surface area (Å²) in [7, 11) is 1.62. The van der Waals surface area contributed by atoms with E-state index in [2.05, 4.69) is 28.5 Å². The molecule has 3 rings (SSSR count). The van der Waals surface area contributed by atoms with Gasteiger partial charge in [0, 0.05) is 11.3 Å². The summed E-state index contributed by atoms with van der Waals surface area (Å²) in [6.07, 6.45) is 0. The Hall–Kier alpha value is -2.67. The molecule has 27 heavy (non-hydrogen) atoms. The molecule has 140 valence electrons. The second kappa shape index (κ2) is 7.92. The highest BCUT2D eigenvalue weighted by Gasteiger charge is 2.17. The zero-order valence-electron chi connectivity index (χ0n) is 16.1. The molecule has 0 radical (unpaired) electrons. The third kappa shape index (κ3) is 3.73. The number of para-hydroxylation sites is 2. The molecule has 1 aromatic heterocycles. The number of hydrogen-bond donors (Lipinski definition) is 0. The lowest BCUT2D eigenvalue weighted by Crippen LogP contribution is -2.06. The highest BCUT2D eigenvalue weighted by Crippen LogP contribution is 2.31. The van der Waals surface area contributed by atoms with E-state index in [9.17, 15) is 4.79 Å². The average Bonchev–Trinajstić information content (AvgIpc) is 3.09. The van der Waals surface area contributed by atoms with Crippen molar-refractivity contribution in [2.75, 3.05) is 7.11 Å². The molecule has 0 saturated carbocycles. The Morgan fingerprint density at radius 3 is 2.63 bits per heavy atom. The normalized spacial score (nSPS) is 10.9. The number of ether oxygens (including phenoxy) is 1. The smallest absolute Gasteiger partial charge is 0.214 e. The summed E-state index contributed by atoms with van der Waals surface area (Å²) in [5.41, 5.74) is 5.95. The second-order valence-electron chi connectivity index (χ2n) is 6.38. The van der Waals surface area contributed by atoms with Crippen molar-refractivity contribution >= 4 is 17.5 Å². The van der Waals surface area contributed by atoms with Crippen LogP contribution in [0.4, 0.5) is 0 Å². The SMILES string of the molecule is COc1ccccc1-n1nnnc1SCc1c(C)cc(C)c(C(C)=O)c1C. The van der Waals surface area contributed by atoms with Crippen LogP contribution < -0.4 is 4.74 Å². The first-order valence-corrected chi connectivity index (χ1v) is 9.57. The number of aryl methyl sites for hydroxylation is 2. The first kappa shape index (κ1) is 19.1. The van der Waals surface area contributed by atoms with E-state index in [1.807, 2.05) is 38.1 Å². The topological polar surface area (TPSA) is 69.9 Å². The van der Waals surface area contributed by atoms with Gasteiger partial charge in [0.2, 0.25) is 5.16 Å². The van der Waals surface area contributed by atoms with Gasteiger partial charge in [-0.1, -0.05) is 30.0 Å². The predicted octanol–water partition coefficient (Wildman–Crippen LogP) is 4.09. The molecule has 0 amide bonds. The second-order valence-corrected chi connectivity index (χ2v) is 7.32. The molecule has 6 nitrogen and oxygen atoms in total. The van der Waals surface area contributed by atoms with E-state index < -0.39 is 0 Å². The standard InChI is InChI=1S/C20H22N4O2S/c1-12-10-13(2)19(15(4)25)14(3)16(12)11-27-20-21-22-23-24(20)17-8-6-7-9-18(17)26-5/h6-10H,11H2,1-5H3. The van der Waals surface area contributed by atoms with Crippen LogP contribution in [0.1, 0.15) is 39.5 Å². The van der Waals surface area contributed by atoms with Gasteiger partial charge in [0.15, 0.2) is 5.78 Å². The summed E-state index contributed by atoms with van der Waals surface area (Å²) in [6, 6.07) is 9.68. The summed E-state index contributed by atoms with van der Waals surface area (Å²) >= 11 is 1.54. The van der Waals surface area contributed by atoms with Crippen molar-refractivity contribution in [1.29, 1.82) is 0 Å². The fraction of sp³-hybridized carbons (Fsp3) is 0.300. The molecule has 2 aromatic carbocycles. The van der Waals surface area contributed by atoms with E-state index >= 15 is 0 Å². The Labute approximate surface area is 162 Å². The van der Waals surface area contributed by atoms with Crippen molar-refractivity contribution in [1.82, 2.24) is 20.2 Å². The van der Waals surface area contributed by atoms with Gasteiger partial charge < -0.3 is 4.74 Å². The highest BCUT2D eigenvalue weighted by molar-refractivity contribution is 7.98. The highest BCUT2D eigenvalue weighted by atomic mass is 32.2. The van der Waals surface area contributed by atoms with Gasteiger partial charge in [-0.3, -0.25) is 4.79 Å². The number of ketones is 1. The monoisotopic (exact) mass is 382 g/mol. The molecule has 1 heterocycles. The fourth-order valence-corrected chi connectivity index (χ4v) is 4.42. The van der Waals surface area contributed by atoms with Gasteiger partial charge in [-0.2, -0.15) is 4.68 Å². The molecule has 0 bridgehead atoms. The van der Waals surface area contributed by atoms with Crippen LogP contribution in [0.3, 0.4) is 0 Å². The van der Waals surface area contributed by atoms with Crippen LogP contribution in [0.25, 0.3) is 5.69 Å². The molecule has 0 spiro atoms. The maximum absolute atomic E-state index is 12.0. The number of hydrogen-bond acceptors (Lipinski definition) is 6. The maximum atomic E-state index is 12.0. The number of carbonyl (C=O) groups excluding carboxylic acids is 1. The maximum Gasteiger partial charge on any atom is 0.214 e. The number of methoxy groups -OCH3 is 1. The summed E-state index contributed by atoms with van der Waals surface area (Å²) in [5.74, 6) is 1.47. The quantitative estimate of drug-likeness (QED) is 0.472. The first-order chi connectivity index (χ1) is 12.9. The Morgan fingerprint density at radius 1 is 1.19 bits per heavy atom. The van der Waals surface area contributed by atoms with E-state index in [-0.39, 0.29) is 5.78 Å². The summed E-state index contributed by atoms with van der Waals surface area (Å²) in [4.78, 5) is 12.0. The molecule has 0 unspecified atom stereocenters. The van der Waals surface area contributed by atoms with Gasteiger partial charge in [0.25, 0.3) is 0 Å². The number of Topliss-reactive ketones (excluding diaryl/α,β-unsaturated/α-hetero) is 1. The van der Waals surface area contributed by atoms with Crippen LogP contribution in [-0.2, 0) is 5.75 Å². The van der Waals surface area contributed by atoms with Gasteiger partial charge in [-0.15, -0.1) is 5.10 Å². The zero-order chi connectivity index (χ0) is 19.6. The van der Waals surface area contributed by atoms with Crippen molar-refractivity contribution in [3.8, 4) is 11.4 Å².